The second-order valence-electron chi connectivity index (χ2n) is 9.58. The van der Waals surface area contributed by atoms with Crippen LogP contribution < -0.4 is 11.1 Å². The van der Waals surface area contributed by atoms with E-state index in [1.54, 1.807) is 18.3 Å². The lowest BCUT2D eigenvalue weighted by Crippen LogP contribution is -2.24. The maximum Gasteiger partial charge on any atom is 0.223 e. The van der Waals surface area contributed by atoms with Gasteiger partial charge in [-0.1, -0.05) is 51.5 Å². The summed E-state index contributed by atoms with van der Waals surface area (Å²) in [5.41, 5.74) is 9.33. The van der Waals surface area contributed by atoms with E-state index in [-0.39, 0.29) is 11.2 Å². The highest BCUT2D eigenvalue weighted by Crippen LogP contribution is 2.21. The van der Waals surface area contributed by atoms with Gasteiger partial charge in [0.2, 0.25) is 5.95 Å². The molecule has 1 aliphatic heterocycles. The average Bonchev–Trinajstić information content (AvgIpc) is 2.84. The third kappa shape index (κ3) is 10.1. The van der Waals surface area contributed by atoms with Crippen LogP contribution in [0.1, 0.15) is 32.0 Å². The van der Waals surface area contributed by atoms with Gasteiger partial charge < -0.3 is 16.0 Å². The Morgan fingerprint density at radius 2 is 2.00 bits per heavy atom. The number of halogens is 1. The molecule has 0 bridgehead atoms. The van der Waals surface area contributed by atoms with Crippen LogP contribution in [0.5, 0.6) is 0 Å². The Morgan fingerprint density at radius 1 is 1.29 bits per heavy atom. The minimum Gasteiger partial charge on any atom is -0.354 e. The predicted molar refractivity (Wildman–Crippen MR) is 144 cm³/mol. The van der Waals surface area contributed by atoms with Gasteiger partial charge in [0.1, 0.15) is 5.82 Å². The number of nitrogens with one attached hydrogen (secondary N) is 1. The summed E-state index contributed by atoms with van der Waals surface area (Å²) in [5.74, 6) is 3.08. The molecule has 0 aliphatic carbocycles. The van der Waals surface area contributed by atoms with Crippen molar-refractivity contribution in [2.75, 3.05) is 38.5 Å². The summed E-state index contributed by atoms with van der Waals surface area (Å²) in [6.45, 7) is 14.3. The Kier molecular flexibility index (Phi) is 10.7. The smallest absolute Gasteiger partial charge is 0.223 e. The first-order chi connectivity index (χ1) is 16.6. The van der Waals surface area contributed by atoms with Crippen LogP contribution in [0, 0.1) is 23.6 Å². The quantitative estimate of drug-likeness (QED) is 0.547. The third-order valence-electron chi connectivity index (χ3n) is 5.06. The number of rotatable bonds is 8. The van der Waals surface area contributed by atoms with Crippen molar-refractivity contribution in [2.45, 2.75) is 27.3 Å². The zero-order chi connectivity index (χ0) is 25.8. The van der Waals surface area contributed by atoms with E-state index in [0.717, 1.165) is 36.6 Å². The molecular formula is C28H37FN6. The molecule has 0 unspecified atom stereocenters. The lowest BCUT2D eigenvalue weighted by Gasteiger charge is -2.26. The predicted octanol–water partition coefficient (Wildman–Crippen LogP) is 4.51. The summed E-state index contributed by atoms with van der Waals surface area (Å²) >= 11 is 0. The van der Waals surface area contributed by atoms with E-state index in [0.29, 0.717) is 19.0 Å². The van der Waals surface area contributed by atoms with E-state index in [9.17, 15) is 4.39 Å². The summed E-state index contributed by atoms with van der Waals surface area (Å²) in [4.78, 5) is 13.1. The summed E-state index contributed by atoms with van der Waals surface area (Å²) in [7, 11) is 2.02. The fraction of sp³-hybridized carbons (Fsp3) is 0.357. The Balaban J connectivity index is 0.000000402. The van der Waals surface area contributed by atoms with Crippen molar-refractivity contribution >= 4 is 11.6 Å². The molecule has 1 aliphatic rings. The number of anilines is 1. The monoisotopic (exact) mass is 476 g/mol. The van der Waals surface area contributed by atoms with Crippen molar-refractivity contribution in [3.8, 4) is 12.3 Å². The highest BCUT2D eigenvalue weighted by Gasteiger charge is 2.14. The first-order valence-corrected chi connectivity index (χ1v) is 11.6. The second kappa shape index (κ2) is 13.4. The maximum absolute atomic E-state index is 12.2. The van der Waals surface area contributed by atoms with Gasteiger partial charge >= 0.3 is 0 Å². The SMILES string of the molecule is C#CCN(C)CC1=CCN(C(=C)c2ccnc(NCC(C)(C)C)n2)C=C1.NCc1ccc(F)cc1. The van der Waals surface area contributed by atoms with Gasteiger partial charge in [0.05, 0.1) is 17.9 Å². The molecule has 1 aromatic heterocycles. The Hall–Kier alpha value is -3.47. The molecule has 35 heavy (non-hydrogen) atoms. The summed E-state index contributed by atoms with van der Waals surface area (Å²) < 4.78 is 12.2. The first kappa shape index (κ1) is 27.8. The lowest BCUT2D eigenvalue weighted by molar-refractivity contribution is 0.409. The number of terminal acetylenes is 1. The number of hydrogen-bond acceptors (Lipinski definition) is 6. The van der Waals surface area contributed by atoms with Crippen LogP contribution in [0.15, 0.2) is 67.0 Å². The van der Waals surface area contributed by atoms with Gasteiger partial charge in [-0.25, -0.2) is 14.4 Å². The van der Waals surface area contributed by atoms with Crippen LogP contribution in [0.4, 0.5) is 10.3 Å². The van der Waals surface area contributed by atoms with Crippen molar-refractivity contribution < 1.29 is 4.39 Å². The van der Waals surface area contributed by atoms with E-state index < -0.39 is 0 Å². The molecule has 3 N–H and O–H groups in total. The standard InChI is InChI=1S/C21H29N5.C7H8FN/c1-7-12-25(6)15-18-9-13-26(14-10-18)17(2)19-8-11-22-20(24-19)23-16-21(3,4)5;8-7-3-1-6(5-9)2-4-7/h1,8-11,13H,2,12,14-16H2,3-6H3,(H,22,23,24);1-4H,5,9H2. The molecule has 6 nitrogen and oxygen atoms in total. The molecular weight excluding hydrogens is 439 g/mol. The van der Waals surface area contributed by atoms with Crippen LogP contribution in [0.25, 0.3) is 5.70 Å². The molecule has 0 saturated heterocycles. The Morgan fingerprint density at radius 3 is 2.57 bits per heavy atom. The van der Waals surface area contributed by atoms with Crippen molar-refractivity contribution in [1.29, 1.82) is 0 Å². The first-order valence-electron chi connectivity index (χ1n) is 11.6. The largest absolute Gasteiger partial charge is 0.354 e. The fourth-order valence-electron chi connectivity index (χ4n) is 3.09. The highest BCUT2D eigenvalue weighted by atomic mass is 19.1. The summed E-state index contributed by atoms with van der Waals surface area (Å²) in [5, 5.41) is 3.29. The molecule has 0 fully saturated rings. The van der Waals surface area contributed by atoms with Crippen molar-refractivity contribution in [3.63, 3.8) is 0 Å². The van der Waals surface area contributed by atoms with E-state index in [1.807, 2.05) is 19.3 Å². The number of benzene rings is 1. The molecule has 0 radical (unpaired) electrons. The summed E-state index contributed by atoms with van der Waals surface area (Å²) in [6.07, 6.45) is 13.5. The zero-order valence-corrected chi connectivity index (χ0v) is 21.3. The van der Waals surface area contributed by atoms with Crippen LogP contribution in [-0.2, 0) is 6.54 Å². The van der Waals surface area contributed by atoms with Gasteiger partial charge in [-0.2, -0.15) is 0 Å². The van der Waals surface area contributed by atoms with Crippen molar-refractivity contribution in [1.82, 2.24) is 19.8 Å². The van der Waals surface area contributed by atoms with E-state index in [1.165, 1.54) is 17.7 Å². The average molecular weight is 477 g/mol. The number of likely N-dealkylation sites (N-methyl/N-ethyl adjacent to an activating group) is 1. The highest BCUT2D eigenvalue weighted by molar-refractivity contribution is 5.61. The van der Waals surface area contributed by atoms with Gasteiger partial charge in [-0.15, -0.1) is 6.42 Å². The molecule has 0 atom stereocenters. The zero-order valence-electron chi connectivity index (χ0n) is 21.3. The molecule has 0 saturated carbocycles. The maximum atomic E-state index is 12.2. The fourth-order valence-corrected chi connectivity index (χ4v) is 3.09. The van der Waals surface area contributed by atoms with Crippen LogP contribution in [0.2, 0.25) is 0 Å². The molecule has 3 rings (SSSR count). The van der Waals surface area contributed by atoms with Crippen LogP contribution in [0.3, 0.4) is 0 Å². The number of nitrogens with zero attached hydrogens (tertiary/aromatic N) is 4. The van der Waals surface area contributed by atoms with Crippen LogP contribution >= 0.6 is 0 Å². The van der Waals surface area contributed by atoms with E-state index >= 15 is 0 Å². The van der Waals surface area contributed by atoms with Crippen molar-refractivity contribution in [3.05, 3.63) is 84.1 Å². The number of nitrogens with two attached hydrogens (primary N) is 1. The molecule has 1 aromatic carbocycles. The normalized spacial score (nSPS) is 13.0. The minimum atomic E-state index is -0.216. The van der Waals surface area contributed by atoms with Crippen LogP contribution in [-0.4, -0.2) is 53.0 Å². The molecule has 0 spiro atoms. The molecule has 0 amide bonds. The summed E-state index contributed by atoms with van der Waals surface area (Å²) in [6, 6.07) is 8.05. The van der Waals surface area contributed by atoms with Gasteiger partial charge in [-0.3, -0.25) is 4.90 Å². The van der Waals surface area contributed by atoms with Crippen molar-refractivity contribution in [2.24, 2.45) is 11.1 Å². The lowest BCUT2D eigenvalue weighted by atomic mass is 9.97. The number of aromatic nitrogens is 2. The van der Waals surface area contributed by atoms with Gasteiger partial charge in [-0.05, 0) is 47.9 Å². The van der Waals surface area contributed by atoms with E-state index in [4.69, 9.17) is 12.2 Å². The minimum absolute atomic E-state index is 0.166. The van der Waals surface area contributed by atoms with Gasteiger partial charge in [0, 0.05) is 38.6 Å². The third-order valence-corrected chi connectivity index (χ3v) is 5.06. The second-order valence-corrected chi connectivity index (χ2v) is 9.58. The Labute approximate surface area is 209 Å². The topological polar surface area (TPSA) is 70.3 Å². The molecule has 186 valence electrons. The Bertz CT molecular complexity index is 1060. The molecule has 2 aromatic rings. The molecule has 7 heteroatoms. The molecule has 2 heterocycles. The van der Waals surface area contributed by atoms with Gasteiger partial charge in [0.25, 0.3) is 0 Å². The van der Waals surface area contributed by atoms with E-state index in [2.05, 4.69) is 70.5 Å². The van der Waals surface area contributed by atoms with Gasteiger partial charge in [0.15, 0.2) is 0 Å². The number of hydrogen-bond donors (Lipinski definition) is 2.